The Kier molecular flexibility index (Phi) is 4.11. The molecule has 0 radical (unpaired) electrons. The highest BCUT2D eigenvalue weighted by molar-refractivity contribution is 5.92. The minimum Gasteiger partial charge on any atom is -0.350 e. The Labute approximate surface area is 133 Å². The molecule has 4 unspecified atom stereocenters. The molecule has 1 N–H and O–H groups in total. The number of aromatic nitrogens is 2. The van der Waals surface area contributed by atoms with Crippen molar-refractivity contribution in [2.24, 2.45) is 24.8 Å². The van der Waals surface area contributed by atoms with E-state index in [0.717, 1.165) is 28.8 Å². The number of amides is 1. The standard InChI is InChI=1S/C18H27N3O/c1-11(17-10-14-5-6-15(17)9-14)19-18(22)8-7-16-12(2)20-21(4)13(16)3/h7-8,11,14-15,17H,5-6,9-10H2,1-4H3,(H,19,22). The molecule has 1 aromatic rings. The number of nitrogens with zero attached hydrogens (tertiary/aromatic N) is 2. The molecule has 2 aliphatic rings. The van der Waals surface area contributed by atoms with E-state index < -0.39 is 0 Å². The van der Waals surface area contributed by atoms with Gasteiger partial charge in [0.05, 0.1) is 5.69 Å². The lowest BCUT2D eigenvalue weighted by Gasteiger charge is -2.28. The lowest BCUT2D eigenvalue weighted by molar-refractivity contribution is -0.117. The molecule has 0 aromatic carbocycles. The molecular weight excluding hydrogens is 274 g/mol. The van der Waals surface area contributed by atoms with Crippen LogP contribution in [0.3, 0.4) is 0 Å². The molecule has 1 aromatic heterocycles. The Balaban J connectivity index is 1.59. The van der Waals surface area contributed by atoms with Gasteiger partial charge in [-0.15, -0.1) is 0 Å². The van der Waals surface area contributed by atoms with E-state index in [9.17, 15) is 4.79 Å². The number of fused-ring (bicyclic) bond motifs is 2. The normalized spacial score (nSPS) is 28.5. The molecule has 2 fully saturated rings. The van der Waals surface area contributed by atoms with Crippen molar-refractivity contribution in [3.8, 4) is 0 Å². The average molecular weight is 301 g/mol. The van der Waals surface area contributed by atoms with Crippen LogP contribution in [0.1, 0.15) is 49.6 Å². The smallest absolute Gasteiger partial charge is 0.244 e. The predicted octanol–water partition coefficient (Wildman–Crippen LogP) is 2.99. The number of rotatable bonds is 4. The first-order valence-electron chi connectivity index (χ1n) is 8.44. The van der Waals surface area contributed by atoms with Crippen LogP contribution in [-0.4, -0.2) is 21.7 Å². The van der Waals surface area contributed by atoms with Crippen LogP contribution in [0.25, 0.3) is 6.08 Å². The van der Waals surface area contributed by atoms with Crippen LogP contribution in [-0.2, 0) is 11.8 Å². The molecule has 0 saturated heterocycles. The number of hydrogen-bond donors (Lipinski definition) is 1. The van der Waals surface area contributed by atoms with Gasteiger partial charge in [-0.05, 0) is 63.9 Å². The Morgan fingerprint density at radius 1 is 1.36 bits per heavy atom. The Bertz CT molecular complexity index is 602. The molecule has 0 aliphatic heterocycles. The van der Waals surface area contributed by atoms with Gasteiger partial charge in [-0.3, -0.25) is 9.48 Å². The number of nitrogens with one attached hydrogen (secondary N) is 1. The second-order valence-corrected chi connectivity index (χ2v) is 7.18. The first kappa shape index (κ1) is 15.3. The molecule has 4 heteroatoms. The zero-order valence-electron chi connectivity index (χ0n) is 14.1. The minimum atomic E-state index is 0.0120. The van der Waals surface area contributed by atoms with E-state index in [1.165, 1.54) is 25.7 Å². The van der Waals surface area contributed by atoms with Crippen molar-refractivity contribution in [2.45, 2.75) is 52.5 Å². The van der Waals surface area contributed by atoms with Gasteiger partial charge in [0.2, 0.25) is 5.91 Å². The number of hydrogen-bond acceptors (Lipinski definition) is 2. The first-order valence-corrected chi connectivity index (χ1v) is 8.44. The topological polar surface area (TPSA) is 46.9 Å². The van der Waals surface area contributed by atoms with Gasteiger partial charge in [-0.25, -0.2) is 0 Å². The molecule has 4 nitrogen and oxygen atoms in total. The lowest BCUT2D eigenvalue weighted by Crippen LogP contribution is -2.39. The van der Waals surface area contributed by atoms with Gasteiger partial charge < -0.3 is 5.32 Å². The quantitative estimate of drug-likeness (QED) is 0.869. The molecule has 3 rings (SSSR count). The van der Waals surface area contributed by atoms with Crippen molar-refractivity contribution < 1.29 is 4.79 Å². The maximum Gasteiger partial charge on any atom is 0.244 e. The number of carbonyl (C=O) groups excluding carboxylic acids is 1. The van der Waals surface area contributed by atoms with Crippen LogP contribution in [0.2, 0.25) is 0 Å². The summed E-state index contributed by atoms with van der Waals surface area (Å²) in [5, 5.41) is 7.54. The highest BCUT2D eigenvalue weighted by Crippen LogP contribution is 2.49. The Morgan fingerprint density at radius 3 is 2.68 bits per heavy atom. The van der Waals surface area contributed by atoms with Crippen LogP contribution in [0.4, 0.5) is 0 Å². The summed E-state index contributed by atoms with van der Waals surface area (Å²) in [5.74, 6) is 2.45. The summed E-state index contributed by atoms with van der Waals surface area (Å²) >= 11 is 0. The molecule has 22 heavy (non-hydrogen) atoms. The van der Waals surface area contributed by atoms with Crippen LogP contribution in [0.5, 0.6) is 0 Å². The zero-order chi connectivity index (χ0) is 15.9. The molecule has 1 amide bonds. The summed E-state index contributed by atoms with van der Waals surface area (Å²) in [6.07, 6.45) is 8.99. The van der Waals surface area contributed by atoms with E-state index in [0.29, 0.717) is 5.92 Å². The summed E-state index contributed by atoms with van der Waals surface area (Å²) in [4.78, 5) is 12.2. The second kappa shape index (κ2) is 5.90. The maximum absolute atomic E-state index is 12.2. The average Bonchev–Trinajstić information content (AvgIpc) is 3.14. The van der Waals surface area contributed by atoms with Crippen molar-refractivity contribution in [1.29, 1.82) is 0 Å². The largest absolute Gasteiger partial charge is 0.350 e. The van der Waals surface area contributed by atoms with Gasteiger partial charge in [0.1, 0.15) is 0 Å². The monoisotopic (exact) mass is 301 g/mol. The third-order valence-corrected chi connectivity index (χ3v) is 5.77. The van der Waals surface area contributed by atoms with Gasteiger partial charge >= 0.3 is 0 Å². The van der Waals surface area contributed by atoms with Gasteiger partial charge in [0, 0.05) is 30.4 Å². The van der Waals surface area contributed by atoms with E-state index in [1.54, 1.807) is 6.08 Å². The van der Waals surface area contributed by atoms with Gasteiger partial charge in [0.15, 0.2) is 0 Å². The van der Waals surface area contributed by atoms with Crippen molar-refractivity contribution in [3.63, 3.8) is 0 Å². The van der Waals surface area contributed by atoms with Crippen molar-refractivity contribution in [3.05, 3.63) is 23.0 Å². The summed E-state index contributed by atoms with van der Waals surface area (Å²) in [7, 11) is 1.93. The fourth-order valence-corrected chi connectivity index (χ4v) is 4.48. The summed E-state index contributed by atoms with van der Waals surface area (Å²) < 4.78 is 1.85. The van der Waals surface area contributed by atoms with E-state index in [4.69, 9.17) is 0 Å². The number of aryl methyl sites for hydroxylation is 2. The highest BCUT2D eigenvalue weighted by Gasteiger charge is 2.41. The van der Waals surface area contributed by atoms with Gasteiger partial charge in [-0.1, -0.05) is 6.42 Å². The molecule has 4 atom stereocenters. The molecule has 2 saturated carbocycles. The molecule has 1 heterocycles. The van der Waals surface area contributed by atoms with E-state index in [2.05, 4.69) is 17.3 Å². The lowest BCUT2D eigenvalue weighted by atomic mass is 9.84. The fourth-order valence-electron chi connectivity index (χ4n) is 4.48. The summed E-state index contributed by atoms with van der Waals surface area (Å²) in [6.45, 7) is 6.16. The predicted molar refractivity (Wildman–Crippen MR) is 88.3 cm³/mol. The van der Waals surface area contributed by atoms with Crippen LogP contribution >= 0.6 is 0 Å². The van der Waals surface area contributed by atoms with Crippen LogP contribution < -0.4 is 5.32 Å². The molecule has 2 aliphatic carbocycles. The highest BCUT2D eigenvalue weighted by atomic mass is 16.1. The molecule has 120 valence electrons. The Hall–Kier alpha value is -1.58. The van der Waals surface area contributed by atoms with Crippen LogP contribution in [0.15, 0.2) is 6.08 Å². The number of carbonyl (C=O) groups is 1. The van der Waals surface area contributed by atoms with E-state index in [-0.39, 0.29) is 11.9 Å². The molecule has 0 spiro atoms. The SMILES string of the molecule is Cc1nn(C)c(C)c1C=CC(=O)NC(C)C1CC2CCC1C2. The summed E-state index contributed by atoms with van der Waals surface area (Å²) in [6, 6.07) is 0.281. The third-order valence-electron chi connectivity index (χ3n) is 5.77. The van der Waals surface area contributed by atoms with Gasteiger partial charge in [-0.2, -0.15) is 5.10 Å². The molecule has 2 bridgehead atoms. The maximum atomic E-state index is 12.2. The van der Waals surface area contributed by atoms with Crippen LogP contribution in [0, 0.1) is 31.6 Å². The Morgan fingerprint density at radius 2 is 2.14 bits per heavy atom. The van der Waals surface area contributed by atoms with Crippen molar-refractivity contribution in [2.75, 3.05) is 0 Å². The van der Waals surface area contributed by atoms with Gasteiger partial charge in [0.25, 0.3) is 0 Å². The fraction of sp³-hybridized carbons (Fsp3) is 0.667. The zero-order valence-corrected chi connectivity index (χ0v) is 14.1. The van der Waals surface area contributed by atoms with Crippen molar-refractivity contribution >= 4 is 12.0 Å². The van der Waals surface area contributed by atoms with E-state index in [1.807, 2.05) is 31.7 Å². The third kappa shape index (κ3) is 2.83. The van der Waals surface area contributed by atoms with E-state index >= 15 is 0 Å². The molecular formula is C18H27N3O. The van der Waals surface area contributed by atoms with Crippen molar-refractivity contribution in [1.82, 2.24) is 15.1 Å². The second-order valence-electron chi connectivity index (χ2n) is 7.18. The summed E-state index contributed by atoms with van der Waals surface area (Å²) in [5.41, 5.74) is 3.10. The minimum absolute atomic E-state index is 0.0120. The first-order chi connectivity index (χ1) is 10.5.